The third kappa shape index (κ3) is 3.61. The van der Waals surface area contributed by atoms with Crippen LogP contribution in [0.2, 0.25) is 0 Å². The molecule has 0 aliphatic carbocycles. The summed E-state index contributed by atoms with van der Waals surface area (Å²) >= 11 is 7.59. The third-order valence-electron chi connectivity index (χ3n) is 7.56. The number of hydrogen-bond donors (Lipinski definition) is 2. The van der Waals surface area contributed by atoms with Gasteiger partial charge in [-0.3, -0.25) is 9.98 Å². The Labute approximate surface area is 243 Å². The van der Waals surface area contributed by atoms with E-state index in [1.54, 1.807) is 15.9 Å². The Bertz CT molecular complexity index is 2420. The maximum atomic E-state index is 9.50. The Morgan fingerprint density at radius 1 is 0.780 bits per heavy atom. The van der Waals surface area contributed by atoms with Crippen molar-refractivity contribution in [2.24, 2.45) is 0 Å². The monoisotopic (exact) mass is 566 g/mol. The fraction of sp³-hybridized carbons (Fsp3) is 0.0303. The molecule has 0 amide bonds. The van der Waals surface area contributed by atoms with Crippen LogP contribution in [0.25, 0.3) is 64.7 Å². The summed E-state index contributed by atoms with van der Waals surface area (Å²) < 4.78 is 6.54. The van der Waals surface area contributed by atoms with Gasteiger partial charge < -0.3 is 4.98 Å². The van der Waals surface area contributed by atoms with Gasteiger partial charge in [0.1, 0.15) is 11.1 Å². The number of pyridine rings is 1. The van der Waals surface area contributed by atoms with Crippen molar-refractivity contribution in [3.8, 4) is 22.5 Å². The number of hydrogen-bond acceptors (Lipinski definition) is 5. The topological polar surface area (TPSA) is 75.3 Å². The first-order valence-electron chi connectivity index (χ1n) is 13.2. The van der Waals surface area contributed by atoms with Crippen LogP contribution in [0.4, 0.5) is 0 Å². The van der Waals surface area contributed by atoms with E-state index in [4.69, 9.17) is 22.3 Å². The summed E-state index contributed by atoms with van der Waals surface area (Å²) in [5.74, 6) is 0. The second kappa shape index (κ2) is 9.05. The maximum Gasteiger partial charge on any atom is 0.185 e. The summed E-state index contributed by atoms with van der Waals surface area (Å²) in [4.78, 5) is 8.42. The molecule has 196 valence electrons. The highest BCUT2D eigenvalue weighted by Gasteiger charge is 2.22. The molecule has 4 heterocycles. The summed E-state index contributed by atoms with van der Waals surface area (Å²) in [6, 6.07) is 34.9. The van der Waals surface area contributed by atoms with Gasteiger partial charge in [0.25, 0.3) is 0 Å². The van der Waals surface area contributed by atoms with Crippen molar-refractivity contribution < 1.29 is 0 Å². The van der Waals surface area contributed by atoms with Crippen LogP contribution < -0.4 is 5.49 Å². The fourth-order valence-electron chi connectivity index (χ4n) is 5.75. The molecule has 0 aliphatic rings. The number of nitrogens with zero attached hydrogens (tertiary/aromatic N) is 4. The largest absolute Gasteiger partial charge is 0.316 e. The molecule has 0 atom stereocenters. The summed E-state index contributed by atoms with van der Waals surface area (Å²) in [6.07, 6.45) is 0. The number of nitrogens with one attached hydrogen (secondary N) is 2. The van der Waals surface area contributed by atoms with Crippen LogP contribution in [0.5, 0.6) is 0 Å². The van der Waals surface area contributed by atoms with Crippen LogP contribution in [0.3, 0.4) is 0 Å². The van der Waals surface area contributed by atoms with Crippen LogP contribution >= 0.6 is 23.6 Å². The molecule has 41 heavy (non-hydrogen) atoms. The van der Waals surface area contributed by atoms with Gasteiger partial charge >= 0.3 is 0 Å². The number of H-pyrrole nitrogens is 1. The lowest BCUT2D eigenvalue weighted by atomic mass is 9.97. The maximum absolute atomic E-state index is 9.50. The number of para-hydroxylation sites is 2. The first-order valence-corrected chi connectivity index (χ1v) is 14.5. The SMILES string of the molecule is Cc1nn(-c2ccccc2)c2nc3[nH]c(=S)n(-c4ccccc4)c(=N)c3c(-c3ccc4sc5ccccc5c4c3)c12. The molecule has 8 aromatic rings. The summed E-state index contributed by atoms with van der Waals surface area (Å²) in [5.41, 5.74) is 6.06. The Hall–Kier alpha value is -4.92. The van der Waals surface area contributed by atoms with E-state index >= 15 is 0 Å². The zero-order valence-electron chi connectivity index (χ0n) is 21.9. The normalized spacial score (nSPS) is 11.7. The lowest BCUT2D eigenvalue weighted by Gasteiger charge is -2.14. The highest BCUT2D eigenvalue weighted by Crippen LogP contribution is 2.40. The van der Waals surface area contributed by atoms with Gasteiger partial charge in [-0.1, -0.05) is 60.7 Å². The van der Waals surface area contributed by atoms with Gasteiger partial charge in [-0.15, -0.1) is 11.3 Å². The van der Waals surface area contributed by atoms with Crippen LogP contribution in [0.15, 0.2) is 103 Å². The van der Waals surface area contributed by atoms with Crippen molar-refractivity contribution in [2.75, 3.05) is 0 Å². The van der Waals surface area contributed by atoms with Gasteiger partial charge in [0.05, 0.1) is 22.2 Å². The quantitative estimate of drug-likeness (QED) is 0.212. The molecule has 0 unspecified atom stereocenters. The van der Waals surface area contributed by atoms with Crippen molar-refractivity contribution in [3.05, 3.63) is 119 Å². The first-order chi connectivity index (χ1) is 20.1. The fourth-order valence-corrected chi connectivity index (χ4v) is 7.13. The predicted octanol–water partition coefficient (Wildman–Crippen LogP) is 8.24. The van der Waals surface area contributed by atoms with E-state index in [0.29, 0.717) is 21.5 Å². The number of rotatable bonds is 3. The van der Waals surface area contributed by atoms with Crippen molar-refractivity contribution >= 4 is 65.8 Å². The summed E-state index contributed by atoms with van der Waals surface area (Å²) in [5, 5.41) is 18.5. The smallest absolute Gasteiger partial charge is 0.185 e. The molecule has 8 heteroatoms. The Kier molecular flexibility index (Phi) is 5.28. The Morgan fingerprint density at radius 3 is 2.24 bits per heavy atom. The molecule has 0 saturated heterocycles. The van der Waals surface area contributed by atoms with Crippen molar-refractivity contribution in [2.45, 2.75) is 6.92 Å². The van der Waals surface area contributed by atoms with Crippen LogP contribution in [0, 0.1) is 17.1 Å². The molecule has 8 rings (SSSR count). The van der Waals surface area contributed by atoms with E-state index in [1.165, 1.54) is 20.2 Å². The molecule has 0 fully saturated rings. The lowest BCUT2D eigenvalue weighted by Crippen LogP contribution is -2.22. The predicted molar refractivity (Wildman–Crippen MR) is 170 cm³/mol. The average Bonchev–Trinajstić information content (AvgIpc) is 3.54. The van der Waals surface area contributed by atoms with Gasteiger partial charge in [0, 0.05) is 31.4 Å². The molecule has 4 aromatic heterocycles. The molecule has 0 bridgehead atoms. The number of fused-ring (bicyclic) bond motifs is 5. The van der Waals surface area contributed by atoms with Gasteiger partial charge in [-0.2, -0.15) is 5.10 Å². The second-order valence-corrected chi connectivity index (χ2v) is 11.5. The van der Waals surface area contributed by atoms with E-state index in [-0.39, 0.29) is 5.49 Å². The molecule has 0 spiro atoms. The van der Waals surface area contributed by atoms with Gasteiger partial charge in [0.2, 0.25) is 0 Å². The average molecular weight is 567 g/mol. The van der Waals surface area contributed by atoms with E-state index in [0.717, 1.165) is 33.6 Å². The number of aryl methyl sites for hydroxylation is 1. The molecular formula is C33H22N6S2. The van der Waals surface area contributed by atoms with Gasteiger partial charge in [-0.05, 0) is 67.2 Å². The molecule has 6 nitrogen and oxygen atoms in total. The number of thiophene rings is 1. The van der Waals surface area contributed by atoms with Gasteiger partial charge in [0.15, 0.2) is 10.4 Å². The first kappa shape index (κ1) is 23.9. The van der Waals surface area contributed by atoms with E-state index < -0.39 is 0 Å². The minimum atomic E-state index is 0.279. The summed E-state index contributed by atoms with van der Waals surface area (Å²) in [6.45, 7) is 2.01. The molecule has 2 N–H and O–H groups in total. The molecule has 0 radical (unpaired) electrons. The highest BCUT2D eigenvalue weighted by molar-refractivity contribution is 7.71. The number of aromatic amines is 1. The van der Waals surface area contributed by atoms with Crippen molar-refractivity contribution in [3.63, 3.8) is 0 Å². The number of benzene rings is 4. The third-order valence-corrected chi connectivity index (χ3v) is 9.00. The molecule has 4 aromatic carbocycles. The van der Waals surface area contributed by atoms with E-state index in [2.05, 4.69) is 47.4 Å². The highest BCUT2D eigenvalue weighted by atomic mass is 32.1. The molecule has 0 aliphatic heterocycles. The number of aromatic nitrogens is 5. The van der Waals surface area contributed by atoms with E-state index in [9.17, 15) is 5.41 Å². The van der Waals surface area contributed by atoms with E-state index in [1.807, 2.05) is 72.3 Å². The molecular weight excluding hydrogens is 545 g/mol. The standard InChI is InChI=1S/C33H22N6S2/c1-19-27-28(20-16-17-26-24(18-20)23-14-8-9-15-25(23)41-26)29-30(34)38(21-10-4-2-5-11-21)33(40)36-31(29)35-32(27)39(37-19)22-12-6-3-7-13-22/h2-18,34H,1H3,(H,35,36,40). The summed E-state index contributed by atoms with van der Waals surface area (Å²) in [7, 11) is 0. The Morgan fingerprint density at radius 2 is 1.46 bits per heavy atom. The lowest BCUT2D eigenvalue weighted by molar-refractivity contribution is 0.873. The Balaban J connectivity index is 1.56. The minimum Gasteiger partial charge on any atom is -0.316 e. The zero-order chi connectivity index (χ0) is 27.7. The zero-order valence-corrected chi connectivity index (χ0v) is 23.6. The van der Waals surface area contributed by atoms with Crippen molar-refractivity contribution in [1.82, 2.24) is 24.3 Å². The van der Waals surface area contributed by atoms with Crippen molar-refractivity contribution in [1.29, 1.82) is 5.41 Å². The second-order valence-electron chi connectivity index (χ2n) is 10.0. The van der Waals surface area contributed by atoms with Crippen LogP contribution in [-0.2, 0) is 0 Å². The van der Waals surface area contributed by atoms with Crippen LogP contribution in [-0.4, -0.2) is 24.3 Å². The van der Waals surface area contributed by atoms with Crippen LogP contribution in [0.1, 0.15) is 5.69 Å². The molecule has 0 saturated carbocycles. The minimum absolute atomic E-state index is 0.279. The van der Waals surface area contributed by atoms with Gasteiger partial charge in [-0.25, -0.2) is 9.67 Å².